The maximum atomic E-state index is 14.3. The number of methoxy groups -OCH3 is 2. The summed E-state index contributed by atoms with van der Waals surface area (Å²) >= 11 is 1.21. The van der Waals surface area contributed by atoms with Crippen molar-refractivity contribution in [3.63, 3.8) is 0 Å². The summed E-state index contributed by atoms with van der Waals surface area (Å²) in [6.07, 6.45) is 1.55. The summed E-state index contributed by atoms with van der Waals surface area (Å²) in [5, 5.41) is 15.9. The number of benzene rings is 3. The van der Waals surface area contributed by atoms with Gasteiger partial charge in [-0.1, -0.05) is 36.0 Å². The highest BCUT2D eigenvalue weighted by atomic mass is 32.2. The second-order valence-electron chi connectivity index (χ2n) is 6.61. The molecule has 0 radical (unpaired) electrons. The molecule has 0 spiro atoms. The molecule has 3 aromatic carbocycles. The van der Waals surface area contributed by atoms with E-state index >= 15 is 0 Å². The van der Waals surface area contributed by atoms with Crippen molar-refractivity contribution >= 4 is 17.4 Å². The zero-order valence-corrected chi connectivity index (χ0v) is 18.0. The van der Waals surface area contributed by atoms with Gasteiger partial charge in [-0.25, -0.2) is 9.07 Å². The van der Waals surface area contributed by atoms with Gasteiger partial charge in [0.15, 0.2) is 0 Å². The van der Waals surface area contributed by atoms with Crippen molar-refractivity contribution in [1.82, 2.24) is 9.78 Å². The number of hydrogen-bond acceptors (Lipinski definition) is 6. The van der Waals surface area contributed by atoms with Crippen LogP contribution in [0.15, 0.2) is 82.7 Å². The quantitative estimate of drug-likeness (QED) is 0.263. The van der Waals surface area contributed by atoms with E-state index in [0.717, 1.165) is 0 Å². The van der Waals surface area contributed by atoms with Gasteiger partial charge in [-0.2, -0.15) is 5.10 Å². The van der Waals surface area contributed by atoms with E-state index in [2.05, 4.69) is 5.10 Å². The first-order valence-electron chi connectivity index (χ1n) is 9.50. The number of ether oxygens (including phenoxy) is 2. The average Bonchev–Trinajstić information content (AvgIpc) is 3.29. The predicted octanol–water partition coefficient (Wildman–Crippen LogP) is 5.76. The van der Waals surface area contributed by atoms with Gasteiger partial charge in [-0.15, -0.1) is 0 Å². The van der Waals surface area contributed by atoms with Crippen LogP contribution in [0.25, 0.3) is 16.9 Å². The van der Waals surface area contributed by atoms with E-state index in [1.54, 1.807) is 60.8 Å². The number of aromatic nitrogens is 2. The molecular weight excluding hydrogens is 433 g/mol. The third-order valence-electron chi connectivity index (χ3n) is 4.77. The van der Waals surface area contributed by atoms with E-state index in [9.17, 15) is 14.5 Å². The molecule has 0 saturated heterocycles. The van der Waals surface area contributed by atoms with Crippen molar-refractivity contribution in [3.8, 4) is 28.4 Å². The summed E-state index contributed by atoms with van der Waals surface area (Å²) in [4.78, 5) is 12.2. The van der Waals surface area contributed by atoms with E-state index in [0.29, 0.717) is 38.2 Å². The average molecular weight is 451 g/mol. The number of nitrogens with zero attached hydrogens (tertiary/aromatic N) is 3. The van der Waals surface area contributed by atoms with Crippen molar-refractivity contribution in [2.24, 2.45) is 0 Å². The van der Waals surface area contributed by atoms with Gasteiger partial charge in [0, 0.05) is 22.6 Å². The van der Waals surface area contributed by atoms with Gasteiger partial charge in [0.2, 0.25) is 0 Å². The lowest BCUT2D eigenvalue weighted by Gasteiger charge is -2.16. The molecule has 0 amide bonds. The number of halogens is 1. The van der Waals surface area contributed by atoms with Crippen LogP contribution < -0.4 is 9.47 Å². The molecule has 4 rings (SSSR count). The number of nitro groups is 1. The van der Waals surface area contributed by atoms with Gasteiger partial charge in [0.1, 0.15) is 23.0 Å². The molecule has 4 aromatic rings. The first kappa shape index (κ1) is 21.4. The highest BCUT2D eigenvalue weighted by Crippen LogP contribution is 2.43. The summed E-state index contributed by atoms with van der Waals surface area (Å²) < 4.78 is 26.8. The van der Waals surface area contributed by atoms with Gasteiger partial charge in [-0.3, -0.25) is 10.1 Å². The monoisotopic (exact) mass is 451 g/mol. The molecule has 7 nitrogen and oxygen atoms in total. The normalized spacial score (nSPS) is 10.7. The standard InChI is InChI=1S/C23H18FN3O4S/c1-30-20-14-21(31-2)23(32-22-10-6-3-7-16(22)24)13-15(20)17-11-12-25-26(17)18-8-4-5-9-19(18)27(28)29/h3-14H,1-2H3. The van der Waals surface area contributed by atoms with Gasteiger partial charge < -0.3 is 9.47 Å². The molecule has 162 valence electrons. The Labute approximate surface area is 187 Å². The second kappa shape index (κ2) is 9.11. The third-order valence-corrected chi connectivity index (χ3v) is 5.86. The molecule has 0 atom stereocenters. The molecule has 32 heavy (non-hydrogen) atoms. The Morgan fingerprint density at radius 2 is 1.69 bits per heavy atom. The van der Waals surface area contributed by atoms with Crippen molar-refractivity contribution in [2.45, 2.75) is 9.79 Å². The van der Waals surface area contributed by atoms with Crippen molar-refractivity contribution < 1.29 is 18.8 Å². The number of nitro benzene ring substituents is 1. The summed E-state index contributed by atoms with van der Waals surface area (Å²) in [7, 11) is 3.05. The predicted molar refractivity (Wildman–Crippen MR) is 119 cm³/mol. The van der Waals surface area contributed by atoms with E-state index in [4.69, 9.17) is 9.47 Å². The van der Waals surface area contributed by atoms with Gasteiger partial charge in [-0.05, 0) is 30.3 Å². The van der Waals surface area contributed by atoms with Crippen LogP contribution in [0.4, 0.5) is 10.1 Å². The Hall–Kier alpha value is -3.85. The molecule has 0 aliphatic rings. The van der Waals surface area contributed by atoms with E-state index in [1.165, 1.54) is 42.8 Å². The van der Waals surface area contributed by atoms with Crippen LogP contribution in [0.2, 0.25) is 0 Å². The third kappa shape index (κ3) is 4.02. The summed E-state index contributed by atoms with van der Waals surface area (Å²) in [6, 6.07) is 18.0. The number of para-hydroxylation sites is 2. The SMILES string of the molecule is COc1cc(OC)c(-c2ccnn2-c2ccccc2[N+](=O)[O-])cc1Sc1ccccc1F. The minimum Gasteiger partial charge on any atom is -0.496 e. The zero-order chi connectivity index (χ0) is 22.7. The molecule has 9 heteroatoms. The molecule has 1 heterocycles. The van der Waals surface area contributed by atoms with Crippen molar-refractivity contribution in [1.29, 1.82) is 0 Å². The lowest BCUT2D eigenvalue weighted by molar-refractivity contribution is -0.384. The number of rotatable bonds is 7. The molecule has 0 saturated carbocycles. The van der Waals surface area contributed by atoms with Gasteiger partial charge >= 0.3 is 0 Å². The first-order chi connectivity index (χ1) is 15.5. The Kier molecular flexibility index (Phi) is 6.09. The Morgan fingerprint density at radius 1 is 0.969 bits per heavy atom. The summed E-state index contributed by atoms with van der Waals surface area (Å²) in [5.74, 6) is 0.651. The summed E-state index contributed by atoms with van der Waals surface area (Å²) in [6.45, 7) is 0. The Morgan fingerprint density at radius 3 is 2.41 bits per heavy atom. The lowest BCUT2D eigenvalue weighted by Crippen LogP contribution is -2.04. The molecule has 0 bridgehead atoms. The van der Waals surface area contributed by atoms with Gasteiger partial charge in [0.05, 0.1) is 35.9 Å². The fraction of sp³-hybridized carbons (Fsp3) is 0.0870. The smallest absolute Gasteiger partial charge is 0.294 e. The first-order valence-corrected chi connectivity index (χ1v) is 10.3. The zero-order valence-electron chi connectivity index (χ0n) is 17.2. The molecule has 0 aliphatic heterocycles. The topological polar surface area (TPSA) is 79.4 Å². The molecule has 0 aliphatic carbocycles. The summed E-state index contributed by atoms with van der Waals surface area (Å²) in [5.41, 5.74) is 1.45. The van der Waals surface area contributed by atoms with E-state index in [1.807, 2.05) is 0 Å². The minimum atomic E-state index is -0.453. The largest absolute Gasteiger partial charge is 0.496 e. The Balaban J connectivity index is 1.88. The van der Waals surface area contributed by atoms with Crippen LogP contribution in [-0.4, -0.2) is 28.9 Å². The molecule has 0 N–H and O–H groups in total. The lowest BCUT2D eigenvalue weighted by atomic mass is 10.1. The Bertz CT molecular complexity index is 1290. The molecular formula is C23H18FN3O4S. The maximum absolute atomic E-state index is 14.3. The van der Waals surface area contributed by atoms with Crippen LogP contribution in [0.3, 0.4) is 0 Å². The number of hydrogen-bond donors (Lipinski definition) is 0. The van der Waals surface area contributed by atoms with Crippen LogP contribution in [-0.2, 0) is 0 Å². The van der Waals surface area contributed by atoms with Crippen LogP contribution in [0.1, 0.15) is 0 Å². The highest BCUT2D eigenvalue weighted by Gasteiger charge is 2.22. The molecule has 0 unspecified atom stereocenters. The fourth-order valence-corrected chi connectivity index (χ4v) is 4.26. The fourth-order valence-electron chi connectivity index (χ4n) is 3.29. The highest BCUT2D eigenvalue weighted by molar-refractivity contribution is 7.99. The van der Waals surface area contributed by atoms with E-state index in [-0.39, 0.29) is 11.5 Å². The maximum Gasteiger partial charge on any atom is 0.294 e. The van der Waals surface area contributed by atoms with Crippen LogP contribution in [0.5, 0.6) is 11.5 Å². The molecule has 0 fully saturated rings. The molecule has 1 aromatic heterocycles. The second-order valence-corrected chi connectivity index (χ2v) is 7.69. The van der Waals surface area contributed by atoms with Crippen molar-refractivity contribution in [2.75, 3.05) is 14.2 Å². The van der Waals surface area contributed by atoms with Crippen LogP contribution >= 0.6 is 11.8 Å². The van der Waals surface area contributed by atoms with E-state index < -0.39 is 4.92 Å². The van der Waals surface area contributed by atoms with Gasteiger partial charge in [0.25, 0.3) is 5.69 Å². The van der Waals surface area contributed by atoms with Crippen LogP contribution in [0, 0.1) is 15.9 Å². The van der Waals surface area contributed by atoms with Crippen molar-refractivity contribution in [3.05, 3.63) is 88.9 Å². The minimum absolute atomic E-state index is 0.0779.